The number of aromatic nitrogens is 1. The lowest BCUT2D eigenvalue weighted by molar-refractivity contribution is 0.0932. The molecule has 0 bridgehead atoms. The van der Waals surface area contributed by atoms with Crippen molar-refractivity contribution in [2.75, 3.05) is 27.4 Å². The summed E-state index contributed by atoms with van der Waals surface area (Å²) in [6.45, 7) is 2.92. The number of ether oxygens (including phenoxy) is 2. The molecule has 0 aliphatic carbocycles. The van der Waals surface area contributed by atoms with Crippen LogP contribution in [0, 0.1) is 6.92 Å². The lowest BCUT2D eigenvalue weighted by Crippen LogP contribution is -2.27. The number of H-pyrrole nitrogens is 1. The Morgan fingerprint density at radius 3 is 2.84 bits per heavy atom. The Hall–Kier alpha value is -2.01. The van der Waals surface area contributed by atoms with Crippen molar-refractivity contribution in [3.05, 3.63) is 29.5 Å². The number of carbonyl (C=O) groups excluding carboxylic acids is 1. The molecule has 1 heterocycles. The van der Waals surface area contributed by atoms with E-state index in [1.165, 1.54) is 0 Å². The quantitative estimate of drug-likeness (QED) is 0.808. The van der Waals surface area contributed by atoms with Crippen LogP contribution in [0.1, 0.15) is 16.1 Å². The number of hydrogen-bond acceptors (Lipinski definition) is 3. The zero-order valence-corrected chi connectivity index (χ0v) is 11.4. The summed E-state index contributed by atoms with van der Waals surface area (Å²) in [7, 11) is 3.22. The molecule has 0 unspecified atom stereocenters. The second kappa shape index (κ2) is 5.75. The van der Waals surface area contributed by atoms with Crippen LogP contribution in [0.25, 0.3) is 10.9 Å². The SMILES string of the molecule is COCCNC(=O)c1[nH]c2cc(OC)ccc2c1C. The highest BCUT2D eigenvalue weighted by atomic mass is 16.5. The molecular formula is C14H18N2O3. The highest BCUT2D eigenvalue weighted by Crippen LogP contribution is 2.25. The van der Waals surface area contributed by atoms with E-state index in [9.17, 15) is 4.79 Å². The first kappa shape index (κ1) is 13.4. The van der Waals surface area contributed by atoms with E-state index in [-0.39, 0.29) is 5.91 Å². The van der Waals surface area contributed by atoms with E-state index in [1.54, 1.807) is 14.2 Å². The number of carbonyl (C=O) groups is 1. The second-order valence-electron chi connectivity index (χ2n) is 4.29. The average Bonchev–Trinajstić information content (AvgIpc) is 2.75. The molecule has 0 fully saturated rings. The molecule has 0 radical (unpaired) electrons. The Balaban J connectivity index is 2.28. The molecule has 1 aromatic heterocycles. The second-order valence-corrected chi connectivity index (χ2v) is 4.29. The zero-order valence-electron chi connectivity index (χ0n) is 11.4. The van der Waals surface area contributed by atoms with Crippen LogP contribution in [-0.2, 0) is 4.74 Å². The third-order valence-corrected chi connectivity index (χ3v) is 3.08. The Morgan fingerprint density at radius 2 is 2.16 bits per heavy atom. The summed E-state index contributed by atoms with van der Waals surface area (Å²) in [4.78, 5) is 15.2. The maximum Gasteiger partial charge on any atom is 0.268 e. The van der Waals surface area contributed by atoms with Crippen LogP contribution >= 0.6 is 0 Å². The molecule has 19 heavy (non-hydrogen) atoms. The summed E-state index contributed by atoms with van der Waals surface area (Å²) in [6, 6.07) is 5.72. The van der Waals surface area contributed by atoms with Gasteiger partial charge in [0.05, 0.1) is 13.7 Å². The third-order valence-electron chi connectivity index (χ3n) is 3.08. The van der Waals surface area contributed by atoms with E-state index in [0.29, 0.717) is 18.8 Å². The largest absolute Gasteiger partial charge is 0.497 e. The van der Waals surface area contributed by atoms with Crippen molar-refractivity contribution in [2.24, 2.45) is 0 Å². The van der Waals surface area contributed by atoms with Gasteiger partial charge in [0.25, 0.3) is 5.91 Å². The molecule has 2 rings (SSSR count). The first-order valence-electron chi connectivity index (χ1n) is 6.11. The lowest BCUT2D eigenvalue weighted by atomic mass is 10.1. The van der Waals surface area contributed by atoms with Crippen LogP contribution in [0.2, 0.25) is 0 Å². The molecule has 0 saturated carbocycles. The summed E-state index contributed by atoms with van der Waals surface area (Å²) >= 11 is 0. The molecule has 0 atom stereocenters. The molecule has 102 valence electrons. The first-order valence-corrected chi connectivity index (χ1v) is 6.11. The highest BCUT2D eigenvalue weighted by Gasteiger charge is 2.14. The van der Waals surface area contributed by atoms with E-state index >= 15 is 0 Å². The number of rotatable bonds is 5. The van der Waals surface area contributed by atoms with Crippen molar-refractivity contribution in [1.82, 2.24) is 10.3 Å². The minimum Gasteiger partial charge on any atom is -0.497 e. The minimum atomic E-state index is -0.121. The molecule has 5 heteroatoms. The van der Waals surface area contributed by atoms with Crippen molar-refractivity contribution < 1.29 is 14.3 Å². The van der Waals surface area contributed by atoms with Gasteiger partial charge in [-0.3, -0.25) is 4.79 Å². The number of nitrogens with one attached hydrogen (secondary N) is 2. The topological polar surface area (TPSA) is 63.3 Å². The highest BCUT2D eigenvalue weighted by molar-refractivity contribution is 6.01. The average molecular weight is 262 g/mol. The number of methoxy groups -OCH3 is 2. The van der Waals surface area contributed by atoms with E-state index in [4.69, 9.17) is 9.47 Å². The zero-order chi connectivity index (χ0) is 13.8. The van der Waals surface area contributed by atoms with Crippen LogP contribution in [0.3, 0.4) is 0 Å². The number of benzene rings is 1. The molecule has 2 N–H and O–H groups in total. The van der Waals surface area contributed by atoms with Gasteiger partial charge in [0, 0.05) is 30.6 Å². The molecule has 0 aliphatic heterocycles. The van der Waals surface area contributed by atoms with Gasteiger partial charge in [-0.15, -0.1) is 0 Å². The van der Waals surface area contributed by atoms with Gasteiger partial charge in [0.2, 0.25) is 0 Å². The first-order chi connectivity index (χ1) is 9.17. The molecule has 2 aromatic rings. The molecule has 0 saturated heterocycles. The fourth-order valence-corrected chi connectivity index (χ4v) is 2.03. The molecule has 0 aliphatic rings. The fraction of sp³-hybridized carbons (Fsp3) is 0.357. The van der Waals surface area contributed by atoms with Gasteiger partial charge in [-0.2, -0.15) is 0 Å². The third kappa shape index (κ3) is 2.71. The van der Waals surface area contributed by atoms with Gasteiger partial charge >= 0.3 is 0 Å². The van der Waals surface area contributed by atoms with Gasteiger partial charge in [0.15, 0.2) is 0 Å². The van der Waals surface area contributed by atoms with Crippen molar-refractivity contribution in [3.8, 4) is 5.75 Å². The molecule has 0 spiro atoms. The fourth-order valence-electron chi connectivity index (χ4n) is 2.03. The summed E-state index contributed by atoms with van der Waals surface area (Å²) in [5.74, 6) is 0.643. The summed E-state index contributed by atoms with van der Waals surface area (Å²) in [5.41, 5.74) is 2.42. The number of aryl methyl sites for hydroxylation is 1. The van der Waals surface area contributed by atoms with E-state index in [2.05, 4.69) is 10.3 Å². The van der Waals surface area contributed by atoms with E-state index < -0.39 is 0 Å². The predicted octanol–water partition coefficient (Wildman–Crippen LogP) is 1.86. The Kier molecular flexibility index (Phi) is 4.06. The maximum atomic E-state index is 12.0. The Bertz CT molecular complexity index is 590. The summed E-state index contributed by atoms with van der Waals surface area (Å²) < 4.78 is 10.1. The smallest absolute Gasteiger partial charge is 0.268 e. The van der Waals surface area contributed by atoms with Crippen molar-refractivity contribution in [2.45, 2.75) is 6.92 Å². The number of aromatic amines is 1. The Morgan fingerprint density at radius 1 is 1.37 bits per heavy atom. The van der Waals surface area contributed by atoms with Crippen LogP contribution in [0.4, 0.5) is 0 Å². The van der Waals surface area contributed by atoms with Gasteiger partial charge in [-0.05, 0) is 24.6 Å². The van der Waals surface area contributed by atoms with Crippen molar-refractivity contribution in [1.29, 1.82) is 0 Å². The van der Waals surface area contributed by atoms with Crippen LogP contribution in [-0.4, -0.2) is 38.3 Å². The summed E-state index contributed by atoms with van der Waals surface area (Å²) in [5, 5.41) is 3.83. The van der Waals surface area contributed by atoms with Crippen LogP contribution < -0.4 is 10.1 Å². The molecule has 1 amide bonds. The van der Waals surface area contributed by atoms with Gasteiger partial charge in [-0.25, -0.2) is 0 Å². The molecular weight excluding hydrogens is 244 g/mol. The number of hydrogen-bond donors (Lipinski definition) is 2. The molecule has 1 aromatic carbocycles. The normalized spacial score (nSPS) is 10.7. The number of amides is 1. The predicted molar refractivity (Wildman–Crippen MR) is 73.8 cm³/mol. The standard InChI is InChI=1S/C14H18N2O3/c1-9-11-5-4-10(19-3)8-12(11)16-13(9)14(17)15-6-7-18-2/h4-5,8,16H,6-7H2,1-3H3,(H,15,17). The maximum absolute atomic E-state index is 12.0. The monoisotopic (exact) mass is 262 g/mol. The number of fused-ring (bicyclic) bond motifs is 1. The van der Waals surface area contributed by atoms with Crippen LogP contribution in [0.5, 0.6) is 5.75 Å². The lowest BCUT2D eigenvalue weighted by Gasteiger charge is -2.03. The minimum absolute atomic E-state index is 0.121. The van der Waals surface area contributed by atoms with Crippen LogP contribution in [0.15, 0.2) is 18.2 Å². The van der Waals surface area contributed by atoms with E-state index in [0.717, 1.165) is 22.2 Å². The van der Waals surface area contributed by atoms with Gasteiger partial charge < -0.3 is 19.8 Å². The van der Waals surface area contributed by atoms with Crippen molar-refractivity contribution in [3.63, 3.8) is 0 Å². The summed E-state index contributed by atoms with van der Waals surface area (Å²) in [6.07, 6.45) is 0. The van der Waals surface area contributed by atoms with E-state index in [1.807, 2.05) is 25.1 Å². The molecule has 5 nitrogen and oxygen atoms in total. The van der Waals surface area contributed by atoms with Gasteiger partial charge in [0.1, 0.15) is 11.4 Å². The Labute approximate surface area is 111 Å². The van der Waals surface area contributed by atoms with Crippen molar-refractivity contribution >= 4 is 16.8 Å². The van der Waals surface area contributed by atoms with Gasteiger partial charge in [-0.1, -0.05) is 0 Å².